The van der Waals surface area contributed by atoms with Gasteiger partial charge in [0.15, 0.2) is 0 Å². The molecule has 0 fully saturated rings. The maximum atomic E-state index is 12.7. The number of hydrogen-bond acceptors (Lipinski definition) is 6. The molecule has 0 aliphatic heterocycles. The number of unbranched alkanes of at least 4 members (excludes halogenated alkanes) is 13. The highest BCUT2D eigenvalue weighted by Gasteiger charge is 2.10. The second-order valence-electron chi connectivity index (χ2n) is 11.2. The zero-order chi connectivity index (χ0) is 30.5. The van der Waals surface area contributed by atoms with E-state index in [9.17, 15) is 4.79 Å². The highest BCUT2D eigenvalue weighted by atomic mass is 16.5. The lowest BCUT2D eigenvalue weighted by molar-refractivity contribution is 0.0734. The largest absolute Gasteiger partial charge is 0.497 e. The van der Waals surface area contributed by atoms with E-state index in [4.69, 9.17) is 14.2 Å². The molecule has 0 radical (unpaired) electrons. The summed E-state index contributed by atoms with van der Waals surface area (Å²) in [6.45, 7) is 4.88. The zero-order valence-electron chi connectivity index (χ0n) is 26.5. The fourth-order valence-corrected chi connectivity index (χ4v) is 4.90. The lowest BCUT2D eigenvalue weighted by Crippen LogP contribution is -2.08. The first-order valence-corrected chi connectivity index (χ1v) is 16.2. The van der Waals surface area contributed by atoms with Gasteiger partial charge >= 0.3 is 5.97 Å². The Morgan fingerprint density at radius 1 is 0.628 bits per heavy atom. The first kappa shape index (κ1) is 33.8. The van der Waals surface area contributed by atoms with Crippen LogP contribution in [0.25, 0.3) is 0 Å². The molecule has 0 spiro atoms. The van der Waals surface area contributed by atoms with Crippen LogP contribution >= 0.6 is 0 Å². The van der Waals surface area contributed by atoms with Crippen LogP contribution in [0.15, 0.2) is 77.0 Å². The number of hydrogen-bond donors (Lipinski definition) is 0. The SMILES string of the molecule is CCCCCCCCCCCCCCCCOc1ccc(C(=O)Oc2ccc(N=Nc3ccc(OC)cc3)c(C)c2)cc1. The molecule has 0 atom stereocenters. The number of azo groups is 1. The van der Waals surface area contributed by atoms with Crippen molar-refractivity contribution >= 4 is 17.3 Å². The Labute approximate surface area is 258 Å². The third kappa shape index (κ3) is 13.5. The average molecular weight is 587 g/mol. The van der Waals surface area contributed by atoms with E-state index < -0.39 is 5.97 Å². The Bertz CT molecular complexity index is 1220. The molecule has 0 aliphatic rings. The first-order chi connectivity index (χ1) is 21.1. The zero-order valence-corrected chi connectivity index (χ0v) is 26.5. The summed E-state index contributed by atoms with van der Waals surface area (Å²) in [5, 5.41) is 8.59. The molecule has 6 nitrogen and oxygen atoms in total. The van der Waals surface area contributed by atoms with Crippen LogP contribution in [-0.4, -0.2) is 19.7 Å². The van der Waals surface area contributed by atoms with Crippen LogP contribution in [0.5, 0.6) is 17.2 Å². The van der Waals surface area contributed by atoms with Crippen molar-refractivity contribution in [3.8, 4) is 17.2 Å². The fraction of sp³-hybridized carbons (Fsp3) is 0.486. The van der Waals surface area contributed by atoms with Gasteiger partial charge < -0.3 is 14.2 Å². The van der Waals surface area contributed by atoms with Crippen LogP contribution in [0.3, 0.4) is 0 Å². The van der Waals surface area contributed by atoms with E-state index in [0.717, 1.165) is 29.2 Å². The van der Waals surface area contributed by atoms with Crippen molar-refractivity contribution in [1.82, 2.24) is 0 Å². The van der Waals surface area contributed by atoms with Gasteiger partial charge in [0.2, 0.25) is 0 Å². The molecular formula is C37H50N2O4. The van der Waals surface area contributed by atoms with Crippen molar-refractivity contribution in [3.63, 3.8) is 0 Å². The smallest absolute Gasteiger partial charge is 0.343 e. The average Bonchev–Trinajstić information content (AvgIpc) is 3.03. The number of esters is 1. The molecule has 0 saturated carbocycles. The Balaban J connectivity index is 1.28. The maximum Gasteiger partial charge on any atom is 0.343 e. The van der Waals surface area contributed by atoms with Crippen LogP contribution < -0.4 is 14.2 Å². The summed E-state index contributed by atoms with van der Waals surface area (Å²) in [5.41, 5.74) is 2.76. The van der Waals surface area contributed by atoms with Crippen molar-refractivity contribution in [2.45, 2.75) is 104 Å². The quantitative estimate of drug-likeness (QED) is 0.0539. The number of benzene rings is 3. The second kappa shape index (κ2) is 20.3. The van der Waals surface area contributed by atoms with Crippen molar-refractivity contribution in [3.05, 3.63) is 77.9 Å². The fourth-order valence-electron chi connectivity index (χ4n) is 4.90. The number of nitrogens with zero attached hydrogens (tertiary/aromatic N) is 2. The monoisotopic (exact) mass is 586 g/mol. The van der Waals surface area contributed by atoms with Crippen LogP contribution in [0.1, 0.15) is 113 Å². The number of carbonyl (C=O) groups is 1. The predicted molar refractivity (Wildman–Crippen MR) is 176 cm³/mol. The molecule has 43 heavy (non-hydrogen) atoms. The first-order valence-electron chi connectivity index (χ1n) is 16.2. The van der Waals surface area contributed by atoms with E-state index in [0.29, 0.717) is 23.6 Å². The van der Waals surface area contributed by atoms with Crippen molar-refractivity contribution < 1.29 is 19.0 Å². The summed E-state index contributed by atoms with van der Waals surface area (Å²) in [6.07, 6.45) is 18.8. The summed E-state index contributed by atoms with van der Waals surface area (Å²) in [7, 11) is 1.63. The highest BCUT2D eigenvalue weighted by molar-refractivity contribution is 5.91. The standard InChI is InChI=1S/C37H50N2O4/c1-4-5-6-7-8-9-10-11-12-13-14-15-16-17-28-42-34-22-18-31(19-23-34)37(40)43-35-26-27-36(30(2)29-35)39-38-32-20-24-33(41-3)25-21-32/h18-27,29H,4-17,28H2,1-3H3. The van der Waals surface area contributed by atoms with Gasteiger partial charge in [-0.3, -0.25) is 0 Å². The third-order valence-electron chi connectivity index (χ3n) is 7.58. The van der Waals surface area contributed by atoms with E-state index >= 15 is 0 Å². The van der Waals surface area contributed by atoms with Crippen LogP contribution in [0, 0.1) is 6.92 Å². The molecule has 0 heterocycles. The Morgan fingerprint density at radius 3 is 1.72 bits per heavy atom. The van der Waals surface area contributed by atoms with Crippen molar-refractivity contribution in [2.75, 3.05) is 13.7 Å². The predicted octanol–water partition coefficient (Wildman–Crippen LogP) is 11.5. The van der Waals surface area contributed by atoms with Gasteiger partial charge in [-0.1, -0.05) is 90.4 Å². The summed E-state index contributed by atoms with van der Waals surface area (Å²) < 4.78 is 16.6. The minimum absolute atomic E-state index is 0.412. The summed E-state index contributed by atoms with van der Waals surface area (Å²) in [5.74, 6) is 1.59. The number of rotatable bonds is 21. The molecule has 3 aromatic rings. The van der Waals surface area contributed by atoms with Gasteiger partial charge in [-0.25, -0.2) is 4.79 Å². The minimum atomic E-state index is -0.412. The Kier molecular flexibility index (Phi) is 15.9. The van der Waals surface area contributed by atoms with Crippen molar-refractivity contribution in [2.24, 2.45) is 10.2 Å². The van der Waals surface area contributed by atoms with E-state index in [1.54, 1.807) is 37.4 Å². The molecule has 232 valence electrons. The highest BCUT2D eigenvalue weighted by Crippen LogP contribution is 2.27. The lowest BCUT2D eigenvalue weighted by atomic mass is 10.0. The number of aryl methyl sites for hydroxylation is 1. The van der Waals surface area contributed by atoms with E-state index in [-0.39, 0.29) is 0 Å². The normalized spacial score (nSPS) is 11.1. The molecular weight excluding hydrogens is 536 g/mol. The van der Waals surface area contributed by atoms with Gasteiger partial charge in [0.25, 0.3) is 0 Å². The minimum Gasteiger partial charge on any atom is -0.497 e. The van der Waals surface area contributed by atoms with Gasteiger partial charge in [0.05, 0.1) is 30.7 Å². The molecule has 0 aromatic heterocycles. The lowest BCUT2D eigenvalue weighted by Gasteiger charge is -2.09. The molecule has 0 N–H and O–H groups in total. The van der Waals surface area contributed by atoms with E-state index in [1.807, 2.05) is 43.3 Å². The Hall–Kier alpha value is -3.67. The van der Waals surface area contributed by atoms with Gasteiger partial charge in [0, 0.05) is 0 Å². The number of methoxy groups -OCH3 is 1. The summed E-state index contributed by atoms with van der Waals surface area (Å²) in [6, 6.07) is 19.8. The van der Waals surface area contributed by atoms with Gasteiger partial charge in [0.1, 0.15) is 17.2 Å². The molecule has 0 saturated heterocycles. The molecule has 6 heteroatoms. The summed E-state index contributed by atoms with van der Waals surface area (Å²) >= 11 is 0. The Morgan fingerprint density at radius 2 is 1.16 bits per heavy atom. The van der Waals surface area contributed by atoms with E-state index in [1.165, 1.54) is 83.5 Å². The summed E-state index contributed by atoms with van der Waals surface area (Å²) in [4.78, 5) is 12.7. The number of carbonyl (C=O) groups excluding carboxylic acids is 1. The molecule has 0 bridgehead atoms. The van der Waals surface area contributed by atoms with Gasteiger partial charge in [-0.15, -0.1) is 0 Å². The third-order valence-corrected chi connectivity index (χ3v) is 7.58. The van der Waals surface area contributed by atoms with Gasteiger partial charge in [-0.05, 0) is 85.6 Å². The number of ether oxygens (including phenoxy) is 3. The molecule has 0 aliphatic carbocycles. The molecule has 3 rings (SSSR count). The molecule has 0 unspecified atom stereocenters. The van der Waals surface area contributed by atoms with Crippen LogP contribution in [0.2, 0.25) is 0 Å². The van der Waals surface area contributed by atoms with E-state index in [2.05, 4.69) is 17.2 Å². The van der Waals surface area contributed by atoms with Gasteiger partial charge in [-0.2, -0.15) is 10.2 Å². The maximum absolute atomic E-state index is 12.7. The molecule has 0 amide bonds. The van der Waals surface area contributed by atoms with Crippen LogP contribution in [-0.2, 0) is 0 Å². The van der Waals surface area contributed by atoms with Crippen LogP contribution in [0.4, 0.5) is 11.4 Å². The topological polar surface area (TPSA) is 69.5 Å². The second-order valence-corrected chi connectivity index (χ2v) is 11.2. The van der Waals surface area contributed by atoms with Crippen molar-refractivity contribution in [1.29, 1.82) is 0 Å². The molecule has 3 aromatic carbocycles.